The van der Waals surface area contributed by atoms with Crippen molar-refractivity contribution in [2.45, 2.75) is 361 Å². The van der Waals surface area contributed by atoms with E-state index in [2.05, 4.69) is 118 Å². The van der Waals surface area contributed by atoms with Crippen LogP contribution in [0.3, 0.4) is 0 Å². The van der Waals surface area contributed by atoms with Crippen molar-refractivity contribution in [1.82, 2.24) is 0 Å². The predicted octanol–water partition coefficient (Wildman–Crippen LogP) is 24.8. The van der Waals surface area contributed by atoms with Gasteiger partial charge >= 0.3 is 17.9 Å². The molecule has 0 aromatic rings. The van der Waals surface area contributed by atoms with Gasteiger partial charge in [-0.05, 0) is 116 Å². The Morgan fingerprint density at radius 3 is 0.795 bits per heavy atom. The van der Waals surface area contributed by atoms with Crippen molar-refractivity contribution in [3.05, 3.63) is 97.2 Å². The minimum Gasteiger partial charge on any atom is -0.462 e. The standard InChI is InChI=1S/C77H134O6/c1-4-7-10-13-16-19-22-25-27-29-30-31-32-33-34-35-36-37-38-39-40-41-42-43-44-45-46-48-49-52-55-58-61-64-67-70-76(79)82-73-74(72-81-75(78)69-66-63-60-57-54-51-24-21-18-15-12-9-6-3)83-77(80)71-68-65-62-59-56-53-50-47-28-26-23-20-17-14-11-8-5-2/h8,11,17,20-22,24-26,28-30,50,53,59,62,74H,4-7,9-10,12-16,18-19,23,27,31-49,51-52,54-58,60-61,63-73H2,1-3H3/b11-8-,20-17-,24-21-,25-22-,28-26-,30-29-,53-50-,62-59-. The number of allylic oxidation sites excluding steroid dienone is 16. The van der Waals surface area contributed by atoms with Crippen LogP contribution in [0.25, 0.3) is 0 Å². The zero-order valence-electron chi connectivity index (χ0n) is 54.9. The maximum Gasteiger partial charge on any atom is 0.306 e. The first-order chi connectivity index (χ1) is 41.0. The van der Waals surface area contributed by atoms with E-state index in [9.17, 15) is 14.4 Å². The van der Waals surface area contributed by atoms with Gasteiger partial charge < -0.3 is 14.2 Å². The Hall–Kier alpha value is -3.67. The molecule has 0 bridgehead atoms. The summed E-state index contributed by atoms with van der Waals surface area (Å²) < 4.78 is 16.9. The quantitative estimate of drug-likeness (QED) is 0.0261. The highest BCUT2D eigenvalue weighted by Crippen LogP contribution is 2.18. The Kier molecular flexibility index (Phi) is 67.7. The van der Waals surface area contributed by atoms with Crippen LogP contribution >= 0.6 is 0 Å². The number of carbonyl (C=O) groups excluding carboxylic acids is 3. The lowest BCUT2D eigenvalue weighted by Crippen LogP contribution is -2.30. The Balaban J connectivity index is 4.15. The minimum atomic E-state index is -0.811. The lowest BCUT2D eigenvalue weighted by atomic mass is 10.0. The van der Waals surface area contributed by atoms with E-state index in [0.717, 1.165) is 96.3 Å². The smallest absolute Gasteiger partial charge is 0.306 e. The van der Waals surface area contributed by atoms with E-state index in [0.29, 0.717) is 19.3 Å². The number of esters is 3. The first kappa shape index (κ1) is 79.3. The fourth-order valence-electron chi connectivity index (χ4n) is 10.2. The molecule has 478 valence electrons. The summed E-state index contributed by atoms with van der Waals surface area (Å²) in [6.07, 6.45) is 96.1. The van der Waals surface area contributed by atoms with Crippen molar-refractivity contribution in [3.63, 3.8) is 0 Å². The van der Waals surface area contributed by atoms with Gasteiger partial charge in [0.05, 0.1) is 0 Å². The molecular weight excluding hydrogens is 1020 g/mol. The van der Waals surface area contributed by atoms with Crippen molar-refractivity contribution in [2.75, 3.05) is 13.2 Å². The highest BCUT2D eigenvalue weighted by molar-refractivity contribution is 5.71. The summed E-state index contributed by atoms with van der Waals surface area (Å²) in [7, 11) is 0. The monoisotopic (exact) mass is 1160 g/mol. The molecule has 0 N–H and O–H groups in total. The van der Waals surface area contributed by atoms with E-state index in [1.807, 2.05) is 0 Å². The molecule has 0 aliphatic rings. The van der Waals surface area contributed by atoms with Crippen LogP contribution in [0.2, 0.25) is 0 Å². The Bertz CT molecular complexity index is 1610. The number of unbranched alkanes of at least 4 members (excludes halogenated alkanes) is 38. The summed E-state index contributed by atoms with van der Waals surface area (Å²) in [6, 6.07) is 0. The van der Waals surface area contributed by atoms with Gasteiger partial charge in [-0.25, -0.2) is 0 Å². The zero-order chi connectivity index (χ0) is 59.9. The third-order valence-electron chi connectivity index (χ3n) is 15.5. The van der Waals surface area contributed by atoms with Crippen LogP contribution in [0, 0.1) is 0 Å². The minimum absolute atomic E-state index is 0.0998. The van der Waals surface area contributed by atoms with Crippen LogP contribution in [0.4, 0.5) is 0 Å². The van der Waals surface area contributed by atoms with Crippen molar-refractivity contribution in [2.24, 2.45) is 0 Å². The molecular formula is C77H134O6. The number of hydrogen-bond acceptors (Lipinski definition) is 6. The van der Waals surface area contributed by atoms with Crippen LogP contribution in [0.5, 0.6) is 0 Å². The Morgan fingerprint density at radius 1 is 0.253 bits per heavy atom. The Morgan fingerprint density at radius 2 is 0.482 bits per heavy atom. The van der Waals surface area contributed by atoms with Crippen LogP contribution in [-0.2, 0) is 28.6 Å². The molecule has 83 heavy (non-hydrogen) atoms. The maximum absolute atomic E-state index is 12.9. The third kappa shape index (κ3) is 69.0. The molecule has 0 fully saturated rings. The van der Waals surface area contributed by atoms with E-state index >= 15 is 0 Å². The van der Waals surface area contributed by atoms with Gasteiger partial charge in [0.25, 0.3) is 0 Å². The molecule has 0 aliphatic heterocycles. The summed E-state index contributed by atoms with van der Waals surface area (Å²) in [4.78, 5) is 38.3. The third-order valence-corrected chi connectivity index (χ3v) is 15.5. The second-order valence-electron chi connectivity index (χ2n) is 23.8. The molecule has 1 unspecified atom stereocenters. The molecule has 0 aromatic carbocycles. The largest absolute Gasteiger partial charge is 0.462 e. The van der Waals surface area contributed by atoms with Gasteiger partial charge in [0.15, 0.2) is 6.10 Å². The van der Waals surface area contributed by atoms with E-state index in [-0.39, 0.29) is 37.5 Å². The first-order valence-corrected chi connectivity index (χ1v) is 35.7. The van der Waals surface area contributed by atoms with Gasteiger partial charge in [0, 0.05) is 19.3 Å². The summed E-state index contributed by atoms with van der Waals surface area (Å²) in [5.74, 6) is -0.955. The van der Waals surface area contributed by atoms with Gasteiger partial charge in [-0.15, -0.1) is 0 Å². The predicted molar refractivity (Wildman–Crippen MR) is 362 cm³/mol. The summed E-state index contributed by atoms with van der Waals surface area (Å²) in [5, 5.41) is 0. The van der Waals surface area contributed by atoms with Gasteiger partial charge in [-0.3, -0.25) is 14.4 Å². The van der Waals surface area contributed by atoms with Crippen LogP contribution < -0.4 is 0 Å². The first-order valence-electron chi connectivity index (χ1n) is 35.7. The Labute approximate surface area is 515 Å². The molecule has 0 spiro atoms. The van der Waals surface area contributed by atoms with Crippen molar-refractivity contribution >= 4 is 17.9 Å². The molecule has 0 saturated heterocycles. The molecule has 6 heteroatoms. The second kappa shape index (κ2) is 70.8. The molecule has 0 aromatic heterocycles. The molecule has 0 saturated carbocycles. The van der Waals surface area contributed by atoms with E-state index in [1.165, 1.54) is 212 Å². The van der Waals surface area contributed by atoms with Crippen LogP contribution in [0.1, 0.15) is 355 Å². The van der Waals surface area contributed by atoms with Gasteiger partial charge in [-0.1, -0.05) is 317 Å². The van der Waals surface area contributed by atoms with Crippen molar-refractivity contribution < 1.29 is 28.6 Å². The highest BCUT2D eigenvalue weighted by atomic mass is 16.6. The molecule has 0 aliphatic carbocycles. The molecule has 0 heterocycles. The summed E-state index contributed by atoms with van der Waals surface area (Å²) in [6.45, 7) is 6.48. The summed E-state index contributed by atoms with van der Waals surface area (Å²) >= 11 is 0. The lowest BCUT2D eigenvalue weighted by Gasteiger charge is -2.18. The van der Waals surface area contributed by atoms with Gasteiger partial charge in [-0.2, -0.15) is 0 Å². The normalized spacial score (nSPS) is 12.7. The topological polar surface area (TPSA) is 78.9 Å². The van der Waals surface area contributed by atoms with Crippen LogP contribution in [0.15, 0.2) is 97.2 Å². The molecule has 0 rings (SSSR count). The maximum atomic E-state index is 12.9. The molecule has 1 atom stereocenters. The average Bonchev–Trinajstić information content (AvgIpc) is 3.49. The van der Waals surface area contributed by atoms with Crippen molar-refractivity contribution in [1.29, 1.82) is 0 Å². The number of carbonyl (C=O) groups is 3. The van der Waals surface area contributed by atoms with E-state index in [1.54, 1.807) is 0 Å². The molecule has 0 amide bonds. The van der Waals surface area contributed by atoms with E-state index in [4.69, 9.17) is 14.2 Å². The summed E-state index contributed by atoms with van der Waals surface area (Å²) in [5.41, 5.74) is 0. The second-order valence-corrected chi connectivity index (χ2v) is 23.8. The fraction of sp³-hybridized carbons (Fsp3) is 0.753. The number of ether oxygens (including phenoxy) is 3. The molecule has 6 nitrogen and oxygen atoms in total. The zero-order valence-corrected chi connectivity index (χ0v) is 54.9. The number of hydrogen-bond donors (Lipinski definition) is 0. The van der Waals surface area contributed by atoms with Crippen molar-refractivity contribution in [3.8, 4) is 0 Å². The average molecular weight is 1160 g/mol. The number of rotatable bonds is 65. The van der Waals surface area contributed by atoms with Gasteiger partial charge in [0.2, 0.25) is 0 Å². The van der Waals surface area contributed by atoms with E-state index < -0.39 is 6.10 Å². The highest BCUT2D eigenvalue weighted by Gasteiger charge is 2.19. The lowest BCUT2D eigenvalue weighted by molar-refractivity contribution is -0.167. The van der Waals surface area contributed by atoms with Gasteiger partial charge in [0.1, 0.15) is 13.2 Å². The SMILES string of the molecule is CC/C=C\C/C=C\C/C=C\C/C=C\C/C=C\CCCC(=O)OC(COC(=O)CCCCCCC/C=C\CCCCCC)COC(=O)CCCCCCCCCCCCCCCCCCCCCCCCC/C=C\C/C=C\CCCCCCC. The molecule has 0 radical (unpaired) electrons. The fourth-order valence-corrected chi connectivity index (χ4v) is 10.2. The van der Waals surface area contributed by atoms with Crippen LogP contribution in [-0.4, -0.2) is 37.2 Å².